The Morgan fingerprint density at radius 3 is 2.32 bits per heavy atom. The van der Waals surface area contributed by atoms with Gasteiger partial charge in [0.05, 0.1) is 6.20 Å². The summed E-state index contributed by atoms with van der Waals surface area (Å²) in [5.74, 6) is -2.90. The van der Waals surface area contributed by atoms with Crippen molar-refractivity contribution in [3.63, 3.8) is 0 Å². The van der Waals surface area contributed by atoms with E-state index in [9.17, 15) is 29.1 Å². The lowest BCUT2D eigenvalue weighted by molar-refractivity contribution is -0.147. The zero-order valence-corrected chi connectivity index (χ0v) is 26.4. The predicted octanol–water partition coefficient (Wildman–Crippen LogP) is 2.68. The van der Waals surface area contributed by atoms with Crippen molar-refractivity contribution in [1.82, 2.24) is 30.8 Å². The number of amides is 4. The maximum atomic E-state index is 14.4. The highest BCUT2D eigenvalue weighted by atomic mass is 16.4. The van der Waals surface area contributed by atoms with Crippen molar-refractivity contribution >= 4 is 29.6 Å². The van der Waals surface area contributed by atoms with Gasteiger partial charge in [-0.05, 0) is 55.3 Å². The Hall–Kier alpha value is -3.57. The average molecular weight is 613 g/mol. The molecule has 0 spiro atoms. The molecule has 3 aliphatic rings. The van der Waals surface area contributed by atoms with Crippen molar-refractivity contribution in [2.45, 2.75) is 116 Å². The summed E-state index contributed by atoms with van der Waals surface area (Å²) in [4.78, 5) is 76.5. The molecule has 44 heavy (non-hydrogen) atoms. The number of fused-ring (bicyclic) bond motifs is 1. The molecule has 12 nitrogen and oxygen atoms in total. The average Bonchev–Trinajstić information content (AvgIpc) is 3.60. The van der Waals surface area contributed by atoms with E-state index in [1.54, 1.807) is 4.90 Å². The van der Waals surface area contributed by atoms with E-state index < -0.39 is 53.3 Å². The van der Waals surface area contributed by atoms with Crippen LogP contribution in [0.2, 0.25) is 0 Å². The molecule has 4 rings (SSSR count). The number of rotatable bonds is 11. The molecule has 1 aromatic heterocycles. The van der Waals surface area contributed by atoms with Crippen LogP contribution in [0, 0.1) is 23.2 Å². The molecule has 0 aromatic carbocycles. The Labute approximate surface area is 259 Å². The Morgan fingerprint density at radius 2 is 1.70 bits per heavy atom. The first-order valence-corrected chi connectivity index (χ1v) is 16.1. The van der Waals surface area contributed by atoms with Crippen LogP contribution in [0.3, 0.4) is 0 Å². The molecule has 0 bridgehead atoms. The van der Waals surface area contributed by atoms with E-state index in [2.05, 4.69) is 25.9 Å². The van der Waals surface area contributed by atoms with Gasteiger partial charge >= 0.3 is 5.97 Å². The number of aromatic nitrogens is 2. The van der Waals surface area contributed by atoms with Gasteiger partial charge < -0.3 is 26.0 Å². The second-order valence-electron chi connectivity index (χ2n) is 13.7. The van der Waals surface area contributed by atoms with Crippen molar-refractivity contribution in [3.05, 3.63) is 24.3 Å². The van der Waals surface area contributed by atoms with E-state index in [1.807, 2.05) is 27.7 Å². The number of aliphatic carboxylic acids is 1. The van der Waals surface area contributed by atoms with Gasteiger partial charge in [0.1, 0.15) is 29.9 Å². The first kappa shape index (κ1) is 33.3. The predicted molar refractivity (Wildman–Crippen MR) is 162 cm³/mol. The smallest absolute Gasteiger partial charge is 0.326 e. The molecule has 0 radical (unpaired) electrons. The molecule has 242 valence electrons. The van der Waals surface area contributed by atoms with Crippen LogP contribution in [0.15, 0.2) is 18.6 Å². The number of carboxylic acid groups (broad SMARTS) is 1. The summed E-state index contributed by atoms with van der Waals surface area (Å²) in [5.41, 5.74) is -0.617. The first-order chi connectivity index (χ1) is 20.9. The van der Waals surface area contributed by atoms with Crippen LogP contribution in [0.1, 0.15) is 102 Å². The SMILES string of the molecule is CCCC(NC(=O)C1C2CCCC2CN1C(=O)C(NC(=O)C(NC(=O)c1cnccn1)C1CCCCC1)C(C)(C)C)C(=O)O. The van der Waals surface area contributed by atoms with Crippen LogP contribution in [-0.2, 0) is 19.2 Å². The molecule has 2 heterocycles. The molecular formula is C32H48N6O6. The van der Waals surface area contributed by atoms with Crippen LogP contribution in [-0.4, -0.2) is 80.3 Å². The number of nitrogens with zero attached hydrogens (tertiary/aromatic N) is 3. The normalized spacial score (nSPS) is 24.1. The second-order valence-corrected chi connectivity index (χ2v) is 13.7. The van der Waals surface area contributed by atoms with Gasteiger partial charge in [0.15, 0.2) is 0 Å². The number of likely N-dealkylation sites (tertiary alicyclic amines) is 1. The molecule has 4 N–H and O–H groups in total. The summed E-state index contributed by atoms with van der Waals surface area (Å²) in [6.45, 7) is 7.81. The van der Waals surface area contributed by atoms with Crippen molar-refractivity contribution in [3.8, 4) is 0 Å². The lowest BCUT2D eigenvalue weighted by Crippen LogP contribution is -2.62. The fourth-order valence-corrected chi connectivity index (χ4v) is 7.21. The van der Waals surface area contributed by atoms with Crippen LogP contribution < -0.4 is 16.0 Å². The Balaban J connectivity index is 1.58. The van der Waals surface area contributed by atoms with E-state index in [1.165, 1.54) is 18.6 Å². The van der Waals surface area contributed by atoms with Crippen molar-refractivity contribution in [2.75, 3.05) is 6.54 Å². The summed E-state index contributed by atoms with van der Waals surface area (Å²) in [6.07, 6.45) is 12.2. The topological polar surface area (TPSA) is 171 Å². The molecule has 2 saturated carbocycles. The zero-order chi connectivity index (χ0) is 32.0. The quantitative estimate of drug-likeness (QED) is 0.296. The maximum absolute atomic E-state index is 14.4. The highest BCUT2D eigenvalue weighted by molar-refractivity contribution is 5.98. The van der Waals surface area contributed by atoms with E-state index in [0.717, 1.165) is 51.4 Å². The number of carboxylic acids is 1. The van der Waals surface area contributed by atoms with Gasteiger partial charge in [-0.25, -0.2) is 9.78 Å². The van der Waals surface area contributed by atoms with Crippen LogP contribution in [0.25, 0.3) is 0 Å². The van der Waals surface area contributed by atoms with E-state index >= 15 is 0 Å². The fourth-order valence-electron chi connectivity index (χ4n) is 7.21. The Bertz CT molecular complexity index is 1200. The summed E-state index contributed by atoms with van der Waals surface area (Å²) in [6, 6.07) is -3.68. The van der Waals surface area contributed by atoms with Gasteiger partial charge in [0, 0.05) is 18.9 Å². The third-order valence-electron chi connectivity index (χ3n) is 9.52. The molecule has 12 heteroatoms. The second kappa shape index (κ2) is 14.5. The summed E-state index contributed by atoms with van der Waals surface area (Å²) in [5, 5.41) is 18.2. The summed E-state index contributed by atoms with van der Waals surface area (Å²) < 4.78 is 0. The molecule has 1 aromatic rings. The fraction of sp³-hybridized carbons (Fsp3) is 0.719. The highest BCUT2D eigenvalue weighted by Crippen LogP contribution is 2.43. The van der Waals surface area contributed by atoms with Crippen molar-refractivity contribution < 1.29 is 29.1 Å². The molecule has 6 atom stereocenters. The van der Waals surface area contributed by atoms with Crippen molar-refractivity contribution in [1.29, 1.82) is 0 Å². The summed E-state index contributed by atoms with van der Waals surface area (Å²) in [7, 11) is 0. The van der Waals surface area contributed by atoms with E-state index in [4.69, 9.17) is 0 Å². The van der Waals surface area contributed by atoms with Crippen LogP contribution in [0.4, 0.5) is 0 Å². The molecule has 6 unspecified atom stereocenters. The molecule has 1 aliphatic heterocycles. The number of carbonyl (C=O) groups is 5. The molecule has 4 amide bonds. The minimum atomic E-state index is -1.10. The number of hydrogen-bond acceptors (Lipinski definition) is 7. The molecule has 1 saturated heterocycles. The van der Waals surface area contributed by atoms with Gasteiger partial charge in [-0.1, -0.05) is 59.8 Å². The van der Waals surface area contributed by atoms with Crippen molar-refractivity contribution in [2.24, 2.45) is 23.2 Å². The third-order valence-corrected chi connectivity index (χ3v) is 9.52. The highest BCUT2D eigenvalue weighted by Gasteiger charge is 2.52. The Kier molecular flexibility index (Phi) is 11.0. The van der Waals surface area contributed by atoms with E-state index in [-0.39, 0.29) is 29.4 Å². The third kappa shape index (κ3) is 7.74. The molecular weight excluding hydrogens is 564 g/mol. The number of carbonyl (C=O) groups excluding carboxylic acids is 4. The number of nitrogens with one attached hydrogen (secondary N) is 3. The van der Waals surface area contributed by atoms with Gasteiger partial charge in [-0.3, -0.25) is 24.2 Å². The van der Waals surface area contributed by atoms with Crippen LogP contribution in [0.5, 0.6) is 0 Å². The van der Waals surface area contributed by atoms with Gasteiger partial charge in [0.25, 0.3) is 5.91 Å². The first-order valence-electron chi connectivity index (χ1n) is 16.1. The number of hydrogen-bond donors (Lipinski definition) is 4. The van der Waals surface area contributed by atoms with Gasteiger partial charge in [-0.2, -0.15) is 0 Å². The zero-order valence-electron chi connectivity index (χ0n) is 26.4. The van der Waals surface area contributed by atoms with Gasteiger partial charge in [-0.15, -0.1) is 0 Å². The Morgan fingerprint density at radius 1 is 0.977 bits per heavy atom. The van der Waals surface area contributed by atoms with Gasteiger partial charge in [0.2, 0.25) is 17.7 Å². The molecule has 3 fully saturated rings. The maximum Gasteiger partial charge on any atom is 0.326 e. The monoisotopic (exact) mass is 612 g/mol. The lowest BCUT2D eigenvalue weighted by Gasteiger charge is -2.38. The van der Waals surface area contributed by atoms with Crippen LogP contribution >= 0.6 is 0 Å². The standard InChI is InChI=1S/C32H48N6O6/c1-5-10-22(31(43)44)35-29(41)25-21-14-9-13-20(21)18-38(25)30(42)26(32(2,3)4)37-28(40)24(19-11-7-6-8-12-19)36-27(39)23-17-33-15-16-34-23/h15-17,19-22,24-26H,5-14,18H2,1-4H3,(H,35,41)(H,36,39)(H,37,40)(H,43,44). The molecule has 2 aliphatic carbocycles. The largest absolute Gasteiger partial charge is 0.480 e. The lowest BCUT2D eigenvalue weighted by atomic mass is 9.82. The minimum Gasteiger partial charge on any atom is -0.480 e. The minimum absolute atomic E-state index is 0.0624. The summed E-state index contributed by atoms with van der Waals surface area (Å²) >= 11 is 0. The van der Waals surface area contributed by atoms with E-state index in [0.29, 0.717) is 19.4 Å².